The van der Waals surface area contributed by atoms with E-state index in [0.29, 0.717) is 6.54 Å². The number of carbonyl (C=O) groups is 1. The number of non-ortho nitro benzene ring substituents is 1. The van der Waals surface area contributed by atoms with Gasteiger partial charge in [-0.1, -0.05) is 12.8 Å². The largest absolute Gasteiger partial charge is 0.496 e. The number of rotatable bonds is 5. The Morgan fingerprint density at radius 1 is 1.48 bits per heavy atom. The van der Waals surface area contributed by atoms with E-state index in [1.807, 2.05) is 0 Å². The topological polar surface area (TPSA) is 107 Å². The van der Waals surface area contributed by atoms with Crippen molar-refractivity contribution in [2.75, 3.05) is 13.7 Å². The first kappa shape index (κ1) is 15.2. The Bertz CT molecular complexity index is 553. The fraction of sp³-hybridized carbons (Fsp3) is 0.500. The highest BCUT2D eigenvalue weighted by atomic mass is 16.6. The van der Waals surface area contributed by atoms with Gasteiger partial charge in [0.15, 0.2) is 0 Å². The smallest absolute Gasteiger partial charge is 0.273 e. The van der Waals surface area contributed by atoms with E-state index in [2.05, 4.69) is 5.32 Å². The van der Waals surface area contributed by atoms with Crippen molar-refractivity contribution in [3.05, 3.63) is 33.9 Å². The van der Waals surface area contributed by atoms with Gasteiger partial charge in [-0.2, -0.15) is 0 Å². The van der Waals surface area contributed by atoms with Crippen molar-refractivity contribution < 1.29 is 14.5 Å². The maximum Gasteiger partial charge on any atom is 0.273 e. The van der Waals surface area contributed by atoms with E-state index in [1.165, 1.54) is 25.3 Å². The highest BCUT2D eigenvalue weighted by Gasteiger charge is 2.34. The average molecular weight is 293 g/mol. The highest BCUT2D eigenvalue weighted by molar-refractivity contribution is 5.97. The minimum absolute atomic E-state index is 0.113. The number of nitrogens with two attached hydrogens (primary N) is 1. The van der Waals surface area contributed by atoms with E-state index >= 15 is 0 Å². The molecule has 0 aliphatic heterocycles. The minimum atomic E-state index is -0.525. The van der Waals surface area contributed by atoms with Gasteiger partial charge in [-0.15, -0.1) is 0 Å². The third-order valence-corrected chi connectivity index (χ3v) is 3.97. The summed E-state index contributed by atoms with van der Waals surface area (Å²) in [6.07, 6.45) is 3.78. The standard InChI is InChI=1S/C14H19N3O4/c1-21-12-8-10(17(19)20)4-5-11(12)13(18)16-14(9-15)6-2-3-7-14/h4-5,8H,2-3,6-7,9,15H2,1H3,(H,16,18). The number of ether oxygens (including phenoxy) is 1. The monoisotopic (exact) mass is 293 g/mol. The molecule has 1 aliphatic rings. The maximum atomic E-state index is 12.4. The summed E-state index contributed by atoms with van der Waals surface area (Å²) < 4.78 is 5.09. The fourth-order valence-electron chi connectivity index (χ4n) is 2.72. The van der Waals surface area contributed by atoms with Crippen LogP contribution < -0.4 is 15.8 Å². The van der Waals surface area contributed by atoms with Crippen LogP contribution >= 0.6 is 0 Å². The first-order chi connectivity index (χ1) is 10.0. The summed E-state index contributed by atoms with van der Waals surface area (Å²) in [6.45, 7) is 0.383. The van der Waals surface area contributed by atoms with Gasteiger partial charge < -0.3 is 15.8 Å². The Morgan fingerprint density at radius 3 is 2.67 bits per heavy atom. The summed E-state index contributed by atoms with van der Waals surface area (Å²) in [6, 6.07) is 3.95. The van der Waals surface area contributed by atoms with Crippen molar-refractivity contribution in [3.63, 3.8) is 0 Å². The molecule has 1 fully saturated rings. The molecule has 0 radical (unpaired) electrons. The second kappa shape index (κ2) is 6.09. The van der Waals surface area contributed by atoms with Gasteiger partial charge in [0, 0.05) is 12.6 Å². The molecule has 3 N–H and O–H groups in total. The van der Waals surface area contributed by atoms with Crippen molar-refractivity contribution in [1.29, 1.82) is 0 Å². The molecule has 1 aromatic carbocycles. The SMILES string of the molecule is COc1cc([N+](=O)[O-])ccc1C(=O)NC1(CN)CCCC1. The van der Waals surface area contributed by atoms with Crippen LogP contribution in [0.15, 0.2) is 18.2 Å². The van der Waals surface area contributed by atoms with Gasteiger partial charge in [0.2, 0.25) is 0 Å². The van der Waals surface area contributed by atoms with Crippen molar-refractivity contribution in [3.8, 4) is 5.75 Å². The third kappa shape index (κ3) is 3.13. The Balaban J connectivity index is 2.24. The number of benzene rings is 1. The Morgan fingerprint density at radius 2 is 2.14 bits per heavy atom. The summed E-state index contributed by atoms with van der Waals surface area (Å²) in [5, 5.41) is 13.7. The van der Waals surface area contributed by atoms with Crippen LogP contribution in [0.3, 0.4) is 0 Å². The number of hydrogen-bond acceptors (Lipinski definition) is 5. The summed E-state index contributed by atoms with van der Waals surface area (Å²) in [7, 11) is 1.38. The third-order valence-electron chi connectivity index (χ3n) is 3.97. The van der Waals surface area contributed by atoms with E-state index in [-0.39, 0.29) is 28.4 Å². The second-order valence-corrected chi connectivity index (χ2v) is 5.29. The maximum absolute atomic E-state index is 12.4. The lowest BCUT2D eigenvalue weighted by molar-refractivity contribution is -0.384. The zero-order valence-electron chi connectivity index (χ0n) is 11.9. The Hall–Kier alpha value is -2.15. The van der Waals surface area contributed by atoms with Gasteiger partial charge >= 0.3 is 0 Å². The Kier molecular flexibility index (Phi) is 4.42. The van der Waals surface area contributed by atoms with E-state index in [0.717, 1.165) is 25.7 Å². The molecule has 1 saturated carbocycles. The molecule has 0 atom stereocenters. The summed E-state index contributed by atoms with van der Waals surface area (Å²) in [5.41, 5.74) is 5.59. The van der Waals surface area contributed by atoms with Crippen molar-refractivity contribution >= 4 is 11.6 Å². The van der Waals surface area contributed by atoms with E-state index in [1.54, 1.807) is 0 Å². The van der Waals surface area contributed by atoms with Crippen molar-refractivity contribution in [1.82, 2.24) is 5.32 Å². The van der Waals surface area contributed by atoms with Gasteiger partial charge in [-0.05, 0) is 18.9 Å². The molecule has 0 unspecified atom stereocenters. The first-order valence-electron chi connectivity index (χ1n) is 6.86. The molecule has 1 aromatic rings. The lowest BCUT2D eigenvalue weighted by atomic mass is 9.97. The van der Waals surface area contributed by atoms with Crippen LogP contribution in [-0.4, -0.2) is 30.0 Å². The molecule has 0 aromatic heterocycles. The number of carbonyl (C=O) groups excluding carboxylic acids is 1. The summed E-state index contributed by atoms with van der Waals surface area (Å²) in [4.78, 5) is 22.6. The quantitative estimate of drug-likeness (QED) is 0.633. The van der Waals surface area contributed by atoms with Gasteiger partial charge in [-0.25, -0.2) is 0 Å². The van der Waals surface area contributed by atoms with Crippen LogP contribution in [0.25, 0.3) is 0 Å². The van der Waals surface area contributed by atoms with Crippen LogP contribution in [0.5, 0.6) is 5.75 Å². The molecule has 7 heteroatoms. The van der Waals surface area contributed by atoms with Crippen LogP contribution in [0.2, 0.25) is 0 Å². The number of amides is 1. The molecule has 0 bridgehead atoms. The van der Waals surface area contributed by atoms with E-state index in [4.69, 9.17) is 10.5 Å². The predicted octanol–water partition coefficient (Wildman–Crippen LogP) is 1.60. The molecule has 2 rings (SSSR count). The van der Waals surface area contributed by atoms with Crippen LogP contribution in [-0.2, 0) is 0 Å². The number of hydrogen-bond donors (Lipinski definition) is 2. The molecule has 0 saturated heterocycles. The highest BCUT2D eigenvalue weighted by Crippen LogP contribution is 2.30. The lowest BCUT2D eigenvalue weighted by Gasteiger charge is -2.29. The fourth-order valence-corrected chi connectivity index (χ4v) is 2.72. The van der Waals surface area contributed by atoms with Crippen LogP contribution in [0.4, 0.5) is 5.69 Å². The number of nitro groups is 1. The predicted molar refractivity (Wildman–Crippen MR) is 77.4 cm³/mol. The molecule has 1 aliphatic carbocycles. The molecule has 0 spiro atoms. The van der Waals surface area contributed by atoms with Gasteiger partial charge in [-0.3, -0.25) is 14.9 Å². The minimum Gasteiger partial charge on any atom is -0.496 e. The number of nitro benzene ring substituents is 1. The average Bonchev–Trinajstić information content (AvgIpc) is 2.95. The number of nitrogens with zero attached hydrogens (tertiary/aromatic N) is 1. The van der Waals surface area contributed by atoms with Gasteiger partial charge in [0.05, 0.1) is 29.2 Å². The van der Waals surface area contributed by atoms with Gasteiger partial charge in [0.25, 0.3) is 11.6 Å². The van der Waals surface area contributed by atoms with E-state index < -0.39 is 4.92 Å². The zero-order chi connectivity index (χ0) is 15.5. The summed E-state index contributed by atoms with van der Waals surface area (Å²) in [5.74, 6) is -0.124. The van der Waals surface area contributed by atoms with Crippen LogP contribution in [0.1, 0.15) is 36.0 Å². The normalized spacial score (nSPS) is 16.5. The molecule has 114 valence electrons. The lowest BCUT2D eigenvalue weighted by Crippen LogP contribution is -2.51. The number of methoxy groups -OCH3 is 1. The number of nitrogens with one attached hydrogen (secondary N) is 1. The molecule has 0 heterocycles. The second-order valence-electron chi connectivity index (χ2n) is 5.29. The molecular formula is C14H19N3O4. The molecule has 7 nitrogen and oxygen atoms in total. The van der Waals surface area contributed by atoms with Crippen molar-refractivity contribution in [2.45, 2.75) is 31.2 Å². The molecule has 21 heavy (non-hydrogen) atoms. The zero-order valence-corrected chi connectivity index (χ0v) is 11.9. The molecule has 1 amide bonds. The molecular weight excluding hydrogens is 274 g/mol. The van der Waals surface area contributed by atoms with Crippen LogP contribution in [0, 0.1) is 10.1 Å². The van der Waals surface area contributed by atoms with E-state index in [9.17, 15) is 14.9 Å². The summed E-state index contributed by atoms with van der Waals surface area (Å²) >= 11 is 0. The first-order valence-corrected chi connectivity index (χ1v) is 6.86. The Labute approximate surface area is 122 Å². The van der Waals surface area contributed by atoms with Crippen molar-refractivity contribution in [2.24, 2.45) is 5.73 Å². The van der Waals surface area contributed by atoms with Gasteiger partial charge in [0.1, 0.15) is 5.75 Å².